The Kier molecular flexibility index (Phi) is 3.55. The van der Waals surface area contributed by atoms with Crippen molar-refractivity contribution in [3.05, 3.63) is 35.9 Å². The molecular formula is C12H20N2+2. The predicted octanol–water partition coefficient (Wildman–Crippen LogP) is -0.524. The van der Waals surface area contributed by atoms with Crippen LogP contribution in [-0.4, -0.2) is 19.1 Å². The minimum absolute atomic E-state index is 0.874. The molecule has 4 N–H and O–H groups in total. The van der Waals surface area contributed by atoms with Crippen molar-refractivity contribution in [1.29, 1.82) is 0 Å². The molecule has 2 nitrogen and oxygen atoms in total. The van der Waals surface area contributed by atoms with Crippen LogP contribution >= 0.6 is 0 Å². The van der Waals surface area contributed by atoms with Crippen LogP contribution in [-0.2, 0) is 6.54 Å². The number of nitrogens with two attached hydrogens (primary N) is 2. The molecule has 0 bridgehead atoms. The molecule has 0 unspecified atom stereocenters. The minimum Gasteiger partial charge on any atom is -0.339 e. The first-order chi connectivity index (χ1) is 6.95. The van der Waals surface area contributed by atoms with Gasteiger partial charge in [0.05, 0.1) is 6.54 Å². The van der Waals surface area contributed by atoms with E-state index in [1.807, 2.05) is 0 Å². The first-order valence-electron chi connectivity index (χ1n) is 5.64. The lowest BCUT2D eigenvalue weighted by molar-refractivity contribution is -0.745. The van der Waals surface area contributed by atoms with Crippen LogP contribution in [0.2, 0.25) is 0 Å². The molecule has 2 rings (SSSR count). The van der Waals surface area contributed by atoms with Gasteiger partial charge in [-0.05, 0) is 0 Å². The molecule has 76 valence electrons. The van der Waals surface area contributed by atoms with Crippen LogP contribution in [0.3, 0.4) is 0 Å². The molecule has 1 aromatic rings. The van der Waals surface area contributed by atoms with Gasteiger partial charge in [0.2, 0.25) is 0 Å². The monoisotopic (exact) mass is 192 g/mol. The third-order valence-corrected chi connectivity index (χ3v) is 2.97. The van der Waals surface area contributed by atoms with E-state index in [1.165, 1.54) is 31.5 Å². The predicted molar refractivity (Wildman–Crippen MR) is 56.8 cm³/mol. The average molecular weight is 192 g/mol. The topological polar surface area (TPSA) is 33.2 Å². The second-order valence-electron chi connectivity index (χ2n) is 4.14. The number of benzene rings is 1. The zero-order valence-electron chi connectivity index (χ0n) is 8.65. The van der Waals surface area contributed by atoms with Gasteiger partial charge in [-0.3, -0.25) is 0 Å². The molecule has 1 fully saturated rings. The Morgan fingerprint density at radius 2 is 2.14 bits per heavy atom. The molecular weight excluding hydrogens is 172 g/mol. The van der Waals surface area contributed by atoms with Crippen molar-refractivity contribution in [2.24, 2.45) is 0 Å². The second kappa shape index (κ2) is 5.13. The van der Waals surface area contributed by atoms with Crippen LogP contribution in [0.15, 0.2) is 30.3 Å². The summed E-state index contributed by atoms with van der Waals surface area (Å²) in [6.07, 6.45) is 2.81. The van der Waals surface area contributed by atoms with E-state index in [4.69, 9.17) is 0 Å². The maximum atomic E-state index is 2.49. The molecule has 2 heteroatoms. The van der Waals surface area contributed by atoms with Gasteiger partial charge in [-0.25, -0.2) is 0 Å². The number of hydrogen-bond donors (Lipinski definition) is 2. The van der Waals surface area contributed by atoms with Crippen LogP contribution in [0, 0.1) is 0 Å². The van der Waals surface area contributed by atoms with Crippen molar-refractivity contribution in [2.75, 3.05) is 13.1 Å². The van der Waals surface area contributed by atoms with Crippen molar-refractivity contribution < 1.29 is 10.6 Å². The van der Waals surface area contributed by atoms with E-state index >= 15 is 0 Å². The van der Waals surface area contributed by atoms with Gasteiger partial charge in [0, 0.05) is 18.4 Å². The molecule has 0 aromatic heterocycles. The van der Waals surface area contributed by atoms with E-state index in [9.17, 15) is 0 Å². The van der Waals surface area contributed by atoms with Crippen LogP contribution in [0.4, 0.5) is 0 Å². The Morgan fingerprint density at radius 3 is 2.86 bits per heavy atom. The molecule has 0 saturated carbocycles. The first kappa shape index (κ1) is 9.69. The highest BCUT2D eigenvalue weighted by Gasteiger charge is 2.19. The fourth-order valence-electron chi connectivity index (χ4n) is 2.14. The Bertz CT molecular complexity index is 252. The summed E-state index contributed by atoms with van der Waals surface area (Å²) in [5.41, 5.74) is 1.44. The molecule has 0 aliphatic carbocycles. The highest BCUT2D eigenvalue weighted by atomic mass is 15.0. The maximum absolute atomic E-state index is 2.49. The van der Waals surface area contributed by atoms with Crippen molar-refractivity contribution in [3.8, 4) is 0 Å². The second-order valence-corrected chi connectivity index (χ2v) is 4.14. The SMILES string of the molecule is c1ccc(C[NH2+]C[C@H]2CCC[NH2+]2)cc1. The normalized spacial score (nSPS) is 21.3. The summed E-state index contributed by atoms with van der Waals surface area (Å²) in [4.78, 5) is 0. The first-order valence-corrected chi connectivity index (χ1v) is 5.64. The zero-order chi connectivity index (χ0) is 9.64. The lowest BCUT2D eigenvalue weighted by atomic mass is 10.2. The summed E-state index contributed by atoms with van der Waals surface area (Å²) >= 11 is 0. The zero-order valence-corrected chi connectivity index (χ0v) is 8.65. The molecule has 1 aliphatic heterocycles. The van der Waals surface area contributed by atoms with Crippen LogP contribution < -0.4 is 10.6 Å². The minimum atomic E-state index is 0.874. The van der Waals surface area contributed by atoms with E-state index in [0.29, 0.717) is 0 Å². The van der Waals surface area contributed by atoms with Gasteiger partial charge in [-0.15, -0.1) is 0 Å². The highest BCUT2D eigenvalue weighted by Crippen LogP contribution is 1.96. The summed E-state index contributed by atoms with van der Waals surface area (Å²) in [5.74, 6) is 0. The van der Waals surface area contributed by atoms with Gasteiger partial charge in [0.25, 0.3) is 0 Å². The summed E-state index contributed by atoms with van der Waals surface area (Å²) in [6.45, 7) is 3.74. The van der Waals surface area contributed by atoms with Gasteiger partial charge in [-0.1, -0.05) is 30.3 Å². The maximum Gasteiger partial charge on any atom is 0.136 e. The van der Waals surface area contributed by atoms with Gasteiger partial charge in [-0.2, -0.15) is 0 Å². The fourth-order valence-corrected chi connectivity index (χ4v) is 2.14. The largest absolute Gasteiger partial charge is 0.339 e. The van der Waals surface area contributed by atoms with Gasteiger partial charge in [0.15, 0.2) is 0 Å². The average Bonchev–Trinajstić information content (AvgIpc) is 2.72. The lowest BCUT2D eigenvalue weighted by Crippen LogP contribution is -2.96. The van der Waals surface area contributed by atoms with Crippen molar-refractivity contribution >= 4 is 0 Å². The molecule has 1 aliphatic rings. The van der Waals surface area contributed by atoms with Gasteiger partial charge < -0.3 is 10.6 Å². The van der Waals surface area contributed by atoms with E-state index in [1.54, 1.807) is 0 Å². The van der Waals surface area contributed by atoms with Gasteiger partial charge in [0.1, 0.15) is 19.1 Å². The quantitative estimate of drug-likeness (QED) is 0.643. The third kappa shape index (κ3) is 2.82. The molecule has 0 amide bonds. The van der Waals surface area contributed by atoms with E-state index in [2.05, 4.69) is 41.0 Å². The van der Waals surface area contributed by atoms with E-state index in [0.717, 1.165) is 12.6 Å². The molecule has 1 heterocycles. The summed E-state index contributed by atoms with van der Waals surface area (Å²) < 4.78 is 0. The molecule has 1 atom stereocenters. The summed E-state index contributed by atoms with van der Waals surface area (Å²) in [7, 11) is 0. The molecule has 1 saturated heterocycles. The van der Waals surface area contributed by atoms with E-state index < -0.39 is 0 Å². The van der Waals surface area contributed by atoms with Crippen molar-refractivity contribution in [2.45, 2.75) is 25.4 Å². The number of hydrogen-bond acceptors (Lipinski definition) is 0. The Hall–Kier alpha value is -0.860. The standard InChI is InChI=1S/C12H18N2/c1-2-5-11(6-3-1)9-13-10-12-7-4-8-14-12/h1-3,5-6,12-14H,4,7-10H2/p+2/t12-/m1/s1. The smallest absolute Gasteiger partial charge is 0.136 e. The van der Waals surface area contributed by atoms with Crippen LogP contribution in [0.25, 0.3) is 0 Å². The van der Waals surface area contributed by atoms with Crippen molar-refractivity contribution in [1.82, 2.24) is 0 Å². The van der Waals surface area contributed by atoms with E-state index in [-0.39, 0.29) is 0 Å². The lowest BCUT2D eigenvalue weighted by Gasteiger charge is -2.05. The summed E-state index contributed by atoms with van der Waals surface area (Å²) in [6, 6.07) is 11.6. The van der Waals surface area contributed by atoms with Crippen LogP contribution in [0.1, 0.15) is 18.4 Å². The highest BCUT2D eigenvalue weighted by molar-refractivity contribution is 5.12. The Balaban J connectivity index is 1.67. The summed E-state index contributed by atoms with van der Waals surface area (Å²) in [5, 5.41) is 4.92. The molecule has 0 radical (unpaired) electrons. The number of rotatable bonds is 4. The molecule has 0 spiro atoms. The van der Waals surface area contributed by atoms with Crippen LogP contribution in [0.5, 0.6) is 0 Å². The molecule has 14 heavy (non-hydrogen) atoms. The Labute approximate surface area is 85.7 Å². The Morgan fingerprint density at radius 1 is 1.29 bits per heavy atom. The fraction of sp³-hybridized carbons (Fsp3) is 0.500. The molecule has 1 aromatic carbocycles. The third-order valence-electron chi connectivity index (χ3n) is 2.97. The van der Waals surface area contributed by atoms with Crippen molar-refractivity contribution in [3.63, 3.8) is 0 Å². The van der Waals surface area contributed by atoms with Gasteiger partial charge >= 0.3 is 0 Å². The number of quaternary nitrogens is 2.